The van der Waals surface area contributed by atoms with Crippen molar-refractivity contribution in [3.63, 3.8) is 0 Å². The number of aliphatic hydroxyl groups is 1. The summed E-state index contributed by atoms with van der Waals surface area (Å²) in [6, 6.07) is 0.297. The molecule has 2 heterocycles. The van der Waals surface area contributed by atoms with Gasteiger partial charge in [-0.2, -0.15) is 0 Å². The zero-order valence-electron chi connectivity index (χ0n) is 13.6. The molecule has 1 amide bonds. The molecule has 0 radical (unpaired) electrons. The van der Waals surface area contributed by atoms with Crippen molar-refractivity contribution >= 4 is 5.91 Å². The zero-order chi connectivity index (χ0) is 15.3. The molecule has 0 aromatic heterocycles. The van der Waals surface area contributed by atoms with E-state index in [9.17, 15) is 9.90 Å². The number of likely N-dealkylation sites (tertiary alicyclic amines) is 1. The Labute approximate surface area is 128 Å². The van der Waals surface area contributed by atoms with Crippen LogP contribution in [0.25, 0.3) is 0 Å². The van der Waals surface area contributed by atoms with Gasteiger partial charge in [-0.25, -0.2) is 0 Å². The van der Waals surface area contributed by atoms with Gasteiger partial charge in [0.1, 0.15) is 0 Å². The fourth-order valence-electron chi connectivity index (χ4n) is 3.77. The molecule has 5 heteroatoms. The minimum atomic E-state index is -0.253. The highest BCUT2D eigenvalue weighted by Crippen LogP contribution is 2.34. The van der Waals surface area contributed by atoms with Crippen LogP contribution in [0.1, 0.15) is 39.0 Å². The monoisotopic (exact) mass is 297 g/mol. The van der Waals surface area contributed by atoms with Gasteiger partial charge in [-0.15, -0.1) is 0 Å². The first kappa shape index (κ1) is 16.7. The highest BCUT2D eigenvalue weighted by atomic mass is 16.3. The van der Waals surface area contributed by atoms with Gasteiger partial charge in [0.2, 0.25) is 5.91 Å². The SMILES string of the molecule is CCC1(C(=O)N(CCO)C2CCN(C)CC2)CCCNC1. The summed E-state index contributed by atoms with van der Waals surface area (Å²) in [4.78, 5) is 17.5. The van der Waals surface area contributed by atoms with Crippen molar-refractivity contribution in [2.75, 3.05) is 46.4 Å². The highest BCUT2D eigenvalue weighted by molar-refractivity contribution is 5.83. The summed E-state index contributed by atoms with van der Waals surface area (Å²) in [5.74, 6) is 0.265. The molecule has 2 rings (SSSR count). The second-order valence-corrected chi connectivity index (χ2v) is 6.67. The third-order valence-electron chi connectivity index (χ3n) is 5.33. The lowest BCUT2D eigenvalue weighted by Gasteiger charge is -2.44. The van der Waals surface area contributed by atoms with Crippen molar-refractivity contribution in [2.24, 2.45) is 5.41 Å². The Bertz CT molecular complexity index is 334. The van der Waals surface area contributed by atoms with E-state index in [1.807, 2.05) is 4.90 Å². The molecule has 122 valence electrons. The average Bonchev–Trinajstić information content (AvgIpc) is 2.53. The number of nitrogens with zero attached hydrogens (tertiary/aromatic N) is 2. The summed E-state index contributed by atoms with van der Waals surface area (Å²) in [7, 11) is 2.13. The van der Waals surface area contributed by atoms with Crippen LogP contribution in [0.3, 0.4) is 0 Å². The van der Waals surface area contributed by atoms with Crippen molar-refractivity contribution in [1.82, 2.24) is 15.1 Å². The molecule has 1 unspecified atom stereocenters. The fraction of sp³-hybridized carbons (Fsp3) is 0.938. The number of amides is 1. The van der Waals surface area contributed by atoms with Gasteiger partial charge >= 0.3 is 0 Å². The summed E-state index contributed by atoms with van der Waals surface area (Å²) in [6.45, 7) is 6.55. The van der Waals surface area contributed by atoms with Crippen LogP contribution in [0.2, 0.25) is 0 Å². The van der Waals surface area contributed by atoms with Crippen molar-refractivity contribution in [3.05, 3.63) is 0 Å². The minimum absolute atomic E-state index is 0.0608. The predicted octanol–water partition coefficient (Wildman–Crippen LogP) is 0.681. The summed E-state index contributed by atoms with van der Waals surface area (Å²) >= 11 is 0. The Hall–Kier alpha value is -0.650. The third kappa shape index (κ3) is 3.76. The molecule has 2 saturated heterocycles. The van der Waals surface area contributed by atoms with Crippen LogP contribution in [0.15, 0.2) is 0 Å². The summed E-state index contributed by atoms with van der Waals surface area (Å²) < 4.78 is 0. The standard InChI is InChI=1S/C16H31N3O2/c1-3-16(7-4-8-17-13-16)15(21)19(11-12-20)14-5-9-18(2)10-6-14/h14,17,20H,3-13H2,1-2H3. The molecular weight excluding hydrogens is 266 g/mol. The Morgan fingerprint density at radius 3 is 2.67 bits per heavy atom. The highest BCUT2D eigenvalue weighted by Gasteiger charge is 2.42. The first-order chi connectivity index (χ1) is 10.1. The van der Waals surface area contributed by atoms with Crippen molar-refractivity contribution in [3.8, 4) is 0 Å². The molecule has 0 bridgehead atoms. The van der Waals surface area contributed by atoms with Crippen LogP contribution in [0.5, 0.6) is 0 Å². The summed E-state index contributed by atoms with van der Waals surface area (Å²) in [5.41, 5.74) is -0.253. The van der Waals surface area contributed by atoms with E-state index < -0.39 is 0 Å². The number of hydrogen-bond acceptors (Lipinski definition) is 4. The molecule has 0 aromatic rings. The van der Waals surface area contributed by atoms with Crippen LogP contribution >= 0.6 is 0 Å². The van der Waals surface area contributed by atoms with E-state index in [0.717, 1.165) is 58.3 Å². The summed E-state index contributed by atoms with van der Waals surface area (Å²) in [5, 5.41) is 12.8. The number of piperidine rings is 2. The number of rotatable bonds is 5. The molecule has 2 aliphatic heterocycles. The van der Waals surface area contributed by atoms with E-state index in [2.05, 4.69) is 24.2 Å². The smallest absolute Gasteiger partial charge is 0.230 e. The number of aliphatic hydroxyl groups excluding tert-OH is 1. The lowest BCUT2D eigenvalue weighted by Crippen LogP contribution is -2.56. The van der Waals surface area contributed by atoms with Gasteiger partial charge in [0.15, 0.2) is 0 Å². The molecule has 21 heavy (non-hydrogen) atoms. The first-order valence-electron chi connectivity index (χ1n) is 8.44. The quantitative estimate of drug-likeness (QED) is 0.784. The van der Waals surface area contributed by atoms with Crippen molar-refractivity contribution in [1.29, 1.82) is 0 Å². The van der Waals surface area contributed by atoms with Gasteiger partial charge in [0.05, 0.1) is 12.0 Å². The maximum absolute atomic E-state index is 13.2. The molecule has 1 atom stereocenters. The number of nitrogens with one attached hydrogen (secondary N) is 1. The molecule has 0 aliphatic carbocycles. The van der Waals surface area contributed by atoms with Gasteiger partial charge in [0, 0.05) is 19.1 Å². The maximum Gasteiger partial charge on any atom is 0.230 e. The van der Waals surface area contributed by atoms with E-state index in [1.165, 1.54) is 0 Å². The Morgan fingerprint density at radius 1 is 1.43 bits per heavy atom. The zero-order valence-corrected chi connectivity index (χ0v) is 13.6. The van der Waals surface area contributed by atoms with Crippen LogP contribution in [-0.4, -0.2) is 73.2 Å². The van der Waals surface area contributed by atoms with Crippen LogP contribution < -0.4 is 5.32 Å². The molecule has 0 saturated carbocycles. The van der Waals surface area contributed by atoms with Crippen molar-refractivity contribution < 1.29 is 9.90 Å². The van der Waals surface area contributed by atoms with E-state index in [0.29, 0.717) is 12.6 Å². The molecule has 0 spiro atoms. The number of carbonyl (C=O) groups excluding carboxylic acids is 1. The Kier molecular flexibility index (Phi) is 6.02. The van der Waals surface area contributed by atoms with Crippen molar-refractivity contribution in [2.45, 2.75) is 45.1 Å². The van der Waals surface area contributed by atoms with Crippen LogP contribution in [0.4, 0.5) is 0 Å². The van der Waals surface area contributed by atoms with Gasteiger partial charge in [-0.05, 0) is 58.8 Å². The molecule has 0 aromatic carbocycles. The lowest BCUT2D eigenvalue weighted by atomic mass is 9.76. The third-order valence-corrected chi connectivity index (χ3v) is 5.33. The fourth-order valence-corrected chi connectivity index (χ4v) is 3.77. The van der Waals surface area contributed by atoms with Crippen LogP contribution in [0, 0.1) is 5.41 Å². The number of hydrogen-bond donors (Lipinski definition) is 2. The van der Waals surface area contributed by atoms with E-state index >= 15 is 0 Å². The normalized spacial score (nSPS) is 28.5. The molecule has 2 fully saturated rings. The topological polar surface area (TPSA) is 55.8 Å². The summed E-state index contributed by atoms with van der Waals surface area (Å²) in [6.07, 6.45) is 4.97. The largest absolute Gasteiger partial charge is 0.395 e. The second kappa shape index (κ2) is 7.56. The van der Waals surface area contributed by atoms with E-state index in [-0.39, 0.29) is 17.9 Å². The lowest BCUT2D eigenvalue weighted by molar-refractivity contribution is -0.147. The molecular formula is C16H31N3O2. The molecule has 5 nitrogen and oxygen atoms in total. The van der Waals surface area contributed by atoms with Gasteiger partial charge in [0.25, 0.3) is 0 Å². The maximum atomic E-state index is 13.2. The molecule has 2 aliphatic rings. The van der Waals surface area contributed by atoms with Crippen LogP contribution in [-0.2, 0) is 4.79 Å². The second-order valence-electron chi connectivity index (χ2n) is 6.67. The predicted molar refractivity (Wildman–Crippen MR) is 84.1 cm³/mol. The first-order valence-corrected chi connectivity index (χ1v) is 8.44. The van der Waals surface area contributed by atoms with Gasteiger partial charge in [-0.1, -0.05) is 6.92 Å². The number of carbonyl (C=O) groups is 1. The van der Waals surface area contributed by atoms with E-state index in [1.54, 1.807) is 0 Å². The van der Waals surface area contributed by atoms with Gasteiger partial charge in [-0.3, -0.25) is 4.79 Å². The Morgan fingerprint density at radius 2 is 2.14 bits per heavy atom. The minimum Gasteiger partial charge on any atom is -0.395 e. The molecule has 2 N–H and O–H groups in total. The Balaban J connectivity index is 2.10. The van der Waals surface area contributed by atoms with E-state index in [4.69, 9.17) is 0 Å². The van der Waals surface area contributed by atoms with Gasteiger partial charge < -0.3 is 20.2 Å². The average molecular weight is 297 g/mol.